The molecular weight excluding hydrogens is 247 g/mol. The summed E-state index contributed by atoms with van der Waals surface area (Å²) < 4.78 is 18.5. The molecule has 1 aliphatic rings. The first-order chi connectivity index (χ1) is 9.15. The smallest absolute Gasteiger partial charge is 0.256 e. The van der Waals surface area contributed by atoms with Gasteiger partial charge in [-0.1, -0.05) is 0 Å². The molecular formula is C14H19FN2O2. The Morgan fingerprint density at radius 2 is 2.11 bits per heavy atom. The zero-order valence-electron chi connectivity index (χ0n) is 11.0. The van der Waals surface area contributed by atoms with Crippen LogP contribution in [0.5, 0.6) is 0 Å². The molecule has 1 heterocycles. The van der Waals surface area contributed by atoms with Gasteiger partial charge in [0.1, 0.15) is 11.9 Å². The first kappa shape index (κ1) is 14.0. The van der Waals surface area contributed by atoms with Crippen molar-refractivity contribution in [1.29, 1.82) is 0 Å². The Kier molecular flexibility index (Phi) is 4.50. The molecule has 4 nitrogen and oxygen atoms in total. The average Bonchev–Trinajstić information content (AvgIpc) is 2.90. The van der Waals surface area contributed by atoms with Gasteiger partial charge in [-0.2, -0.15) is 0 Å². The van der Waals surface area contributed by atoms with Crippen LogP contribution in [-0.4, -0.2) is 31.2 Å². The number of ether oxygens (including phenoxy) is 1. The van der Waals surface area contributed by atoms with Crippen molar-refractivity contribution in [2.75, 3.05) is 18.0 Å². The first-order valence-electron chi connectivity index (χ1n) is 6.58. The number of anilines is 1. The number of hydrogen-bond acceptors (Lipinski definition) is 3. The molecule has 1 fully saturated rings. The van der Waals surface area contributed by atoms with E-state index in [0.29, 0.717) is 25.2 Å². The van der Waals surface area contributed by atoms with E-state index >= 15 is 0 Å². The van der Waals surface area contributed by atoms with Gasteiger partial charge in [-0.3, -0.25) is 4.79 Å². The largest absolute Gasteiger partial charge is 0.364 e. The number of hydrogen-bond donors (Lipinski definition) is 1. The van der Waals surface area contributed by atoms with Crippen LogP contribution in [0, 0.1) is 5.82 Å². The summed E-state index contributed by atoms with van der Waals surface area (Å²) in [5, 5.41) is 0. The number of likely N-dealkylation sites (N-methyl/N-ethyl adjacent to an activating group) is 1. The van der Waals surface area contributed by atoms with E-state index in [4.69, 9.17) is 10.5 Å². The van der Waals surface area contributed by atoms with E-state index in [-0.39, 0.29) is 17.8 Å². The second-order valence-electron chi connectivity index (χ2n) is 4.62. The van der Waals surface area contributed by atoms with Crippen LogP contribution in [0.25, 0.3) is 0 Å². The van der Waals surface area contributed by atoms with Gasteiger partial charge in [0.05, 0.1) is 6.10 Å². The van der Waals surface area contributed by atoms with Gasteiger partial charge in [-0.25, -0.2) is 4.39 Å². The fourth-order valence-corrected chi connectivity index (χ4v) is 2.32. The van der Waals surface area contributed by atoms with E-state index in [2.05, 4.69) is 0 Å². The summed E-state index contributed by atoms with van der Waals surface area (Å²) >= 11 is 0. The number of carbonyl (C=O) groups is 1. The van der Waals surface area contributed by atoms with Gasteiger partial charge in [-0.05, 0) is 44.0 Å². The monoisotopic (exact) mass is 266 g/mol. The number of carbonyl (C=O) groups excluding carboxylic acids is 1. The van der Waals surface area contributed by atoms with E-state index in [1.165, 1.54) is 12.1 Å². The highest BCUT2D eigenvalue weighted by atomic mass is 19.1. The lowest BCUT2D eigenvalue weighted by Gasteiger charge is -2.24. The van der Waals surface area contributed by atoms with Crippen LogP contribution in [0.15, 0.2) is 24.3 Å². The quantitative estimate of drug-likeness (QED) is 0.902. The molecule has 1 aliphatic heterocycles. The SMILES string of the molecule is CCN(C(=O)[C@@H]1CC[C@H](CN)O1)c1ccc(F)cc1. The molecule has 1 aromatic rings. The van der Waals surface area contributed by atoms with Gasteiger partial charge in [0.2, 0.25) is 0 Å². The Hall–Kier alpha value is -1.46. The van der Waals surface area contributed by atoms with E-state index in [9.17, 15) is 9.18 Å². The van der Waals surface area contributed by atoms with Crippen LogP contribution in [0.2, 0.25) is 0 Å². The molecule has 2 rings (SSSR count). The lowest BCUT2D eigenvalue weighted by Crippen LogP contribution is -2.39. The van der Waals surface area contributed by atoms with Crippen molar-refractivity contribution in [2.24, 2.45) is 5.73 Å². The van der Waals surface area contributed by atoms with Crippen LogP contribution in [0.1, 0.15) is 19.8 Å². The van der Waals surface area contributed by atoms with Crippen LogP contribution in [0.4, 0.5) is 10.1 Å². The zero-order valence-corrected chi connectivity index (χ0v) is 11.0. The van der Waals surface area contributed by atoms with Crippen LogP contribution >= 0.6 is 0 Å². The molecule has 0 spiro atoms. The predicted octanol–water partition coefficient (Wildman–Crippen LogP) is 1.68. The Balaban J connectivity index is 2.09. The third-order valence-corrected chi connectivity index (χ3v) is 3.37. The topological polar surface area (TPSA) is 55.6 Å². The second-order valence-corrected chi connectivity index (χ2v) is 4.62. The molecule has 1 saturated heterocycles. The molecule has 0 unspecified atom stereocenters. The van der Waals surface area contributed by atoms with Crippen molar-refractivity contribution >= 4 is 11.6 Å². The molecule has 19 heavy (non-hydrogen) atoms. The second kappa shape index (κ2) is 6.12. The van der Waals surface area contributed by atoms with Crippen molar-refractivity contribution in [2.45, 2.75) is 32.0 Å². The van der Waals surface area contributed by atoms with Crippen LogP contribution < -0.4 is 10.6 Å². The summed E-state index contributed by atoms with van der Waals surface area (Å²) in [6.07, 6.45) is 1.05. The van der Waals surface area contributed by atoms with Crippen molar-refractivity contribution in [3.8, 4) is 0 Å². The summed E-state index contributed by atoms with van der Waals surface area (Å²) in [7, 11) is 0. The molecule has 0 aliphatic carbocycles. The maximum Gasteiger partial charge on any atom is 0.256 e. The third-order valence-electron chi connectivity index (χ3n) is 3.37. The van der Waals surface area contributed by atoms with E-state index < -0.39 is 6.10 Å². The summed E-state index contributed by atoms with van der Waals surface area (Å²) in [5.74, 6) is -0.391. The van der Waals surface area contributed by atoms with Gasteiger partial charge < -0.3 is 15.4 Å². The van der Waals surface area contributed by atoms with Crippen molar-refractivity contribution in [1.82, 2.24) is 0 Å². The Morgan fingerprint density at radius 3 is 2.63 bits per heavy atom. The Morgan fingerprint density at radius 1 is 1.42 bits per heavy atom. The van der Waals surface area contributed by atoms with E-state index in [0.717, 1.165) is 6.42 Å². The predicted molar refractivity (Wildman–Crippen MR) is 71.4 cm³/mol. The fourth-order valence-electron chi connectivity index (χ4n) is 2.32. The maximum atomic E-state index is 12.9. The zero-order chi connectivity index (χ0) is 13.8. The van der Waals surface area contributed by atoms with Gasteiger partial charge in [-0.15, -0.1) is 0 Å². The number of amides is 1. The number of halogens is 1. The molecule has 0 bridgehead atoms. The van der Waals surface area contributed by atoms with Crippen molar-refractivity contribution in [3.63, 3.8) is 0 Å². The minimum absolute atomic E-state index is 0.0270. The molecule has 0 radical (unpaired) electrons. The highest BCUT2D eigenvalue weighted by Crippen LogP contribution is 2.23. The Bertz CT molecular complexity index is 436. The van der Waals surface area contributed by atoms with Crippen LogP contribution in [0.3, 0.4) is 0 Å². The normalized spacial score (nSPS) is 22.5. The minimum Gasteiger partial charge on any atom is -0.364 e. The fraction of sp³-hybridized carbons (Fsp3) is 0.500. The number of rotatable bonds is 4. The average molecular weight is 266 g/mol. The van der Waals surface area contributed by atoms with E-state index in [1.807, 2.05) is 6.92 Å². The molecule has 1 aromatic carbocycles. The molecule has 5 heteroatoms. The number of nitrogens with zero attached hydrogens (tertiary/aromatic N) is 1. The number of benzene rings is 1. The summed E-state index contributed by atoms with van der Waals surface area (Å²) in [4.78, 5) is 14.0. The summed E-state index contributed by atoms with van der Waals surface area (Å²) in [6.45, 7) is 2.85. The van der Waals surface area contributed by atoms with Crippen molar-refractivity contribution in [3.05, 3.63) is 30.1 Å². The number of nitrogens with two attached hydrogens (primary N) is 1. The minimum atomic E-state index is -0.432. The van der Waals surface area contributed by atoms with Crippen molar-refractivity contribution < 1.29 is 13.9 Å². The standard InChI is InChI=1S/C14H19FN2O2/c1-2-17(11-5-3-10(15)4-6-11)14(18)13-8-7-12(9-16)19-13/h3-6,12-13H,2,7-9,16H2,1H3/t12-,13+/m1/s1. The molecule has 1 amide bonds. The van der Waals surface area contributed by atoms with Crippen LogP contribution in [-0.2, 0) is 9.53 Å². The summed E-state index contributed by atoms with van der Waals surface area (Å²) in [6, 6.07) is 5.91. The summed E-state index contributed by atoms with van der Waals surface area (Å²) in [5.41, 5.74) is 6.23. The molecule has 2 atom stereocenters. The molecule has 104 valence electrons. The lowest BCUT2D eigenvalue weighted by atomic mass is 10.1. The highest BCUT2D eigenvalue weighted by Gasteiger charge is 2.32. The first-order valence-corrected chi connectivity index (χ1v) is 6.58. The molecule has 0 aromatic heterocycles. The maximum absolute atomic E-state index is 12.9. The third kappa shape index (κ3) is 3.11. The highest BCUT2D eigenvalue weighted by molar-refractivity contribution is 5.96. The lowest BCUT2D eigenvalue weighted by molar-refractivity contribution is -0.129. The Labute approximate surface area is 112 Å². The molecule has 0 saturated carbocycles. The van der Waals surface area contributed by atoms with E-state index in [1.54, 1.807) is 17.0 Å². The van der Waals surface area contributed by atoms with Gasteiger partial charge in [0.25, 0.3) is 5.91 Å². The molecule has 2 N–H and O–H groups in total. The van der Waals surface area contributed by atoms with Gasteiger partial charge in [0.15, 0.2) is 0 Å². The van der Waals surface area contributed by atoms with Gasteiger partial charge >= 0.3 is 0 Å². The van der Waals surface area contributed by atoms with Gasteiger partial charge in [0, 0.05) is 18.8 Å².